The molecule has 0 radical (unpaired) electrons. The first-order chi connectivity index (χ1) is 7.26. The molecule has 1 amide bonds. The van der Waals surface area contributed by atoms with E-state index in [-0.39, 0.29) is 5.91 Å². The van der Waals surface area contributed by atoms with E-state index in [1.54, 1.807) is 14.0 Å². The molecule has 0 aliphatic rings. The number of hydrogen-bond donors (Lipinski definition) is 1. The molecule has 1 aromatic carbocycles. The van der Waals surface area contributed by atoms with Crippen molar-refractivity contribution in [2.45, 2.75) is 13.3 Å². The summed E-state index contributed by atoms with van der Waals surface area (Å²) in [6, 6.07) is 7.36. The van der Waals surface area contributed by atoms with Crippen molar-refractivity contribution >= 4 is 12.1 Å². The van der Waals surface area contributed by atoms with Gasteiger partial charge in [0.25, 0.3) is 0 Å². The first-order valence-corrected chi connectivity index (χ1v) is 4.65. The van der Waals surface area contributed by atoms with E-state index < -0.39 is 0 Å². The van der Waals surface area contributed by atoms with Gasteiger partial charge in [-0.15, -0.1) is 0 Å². The summed E-state index contributed by atoms with van der Waals surface area (Å²) in [6.45, 7) is 1.74. The third-order valence-corrected chi connectivity index (χ3v) is 1.84. The van der Waals surface area contributed by atoms with Gasteiger partial charge in [0.2, 0.25) is 5.91 Å². The Balaban J connectivity index is 2.53. The molecular weight excluding hydrogens is 192 g/mol. The van der Waals surface area contributed by atoms with Gasteiger partial charge >= 0.3 is 0 Å². The Labute approximate surface area is 88.9 Å². The topological polar surface area (TPSA) is 50.7 Å². The maximum atomic E-state index is 11.3. The zero-order valence-corrected chi connectivity index (χ0v) is 8.86. The summed E-state index contributed by atoms with van der Waals surface area (Å²) in [5.74, 6) is 0.656. The minimum absolute atomic E-state index is 0.127. The third kappa shape index (κ3) is 3.81. The number of nitrogens with zero attached hydrogens (tertiary/aromatic N) is 1. The van der Waals surface area contributed by atoms with Crippen LogP contribution in [0.1, 0.15) is 12.5 Å². The highest BCUT2D eigenvalue weighted by Crippen LogP contribution is 2.11. The number of hydrazone groups is 1. The number of hydrogen-bond acceptors (Lipinski definition) is 3. The van der Waals surface area contributed by atoms with Crippen LogP contribution in [-0.2, 0) is 11.2 Å². The van der Waals surface area contributed by atoms with E-state index in [0.29, 0.717) is 6.42 Å². The van der Waals surface area contributed by atoms with Crippen LogP contribution in [0.4, 0.5) is 0 Å². The number of amides is 1. The van der Waals surface area contributed by atoms with Crippen LogP contribution in [0, 0.1) is 0 Å². The van der Waals surface area contributed by atoms with Crippen molar-refractivity contribution in [3.8, 4) is 5.75 Å². The van der Waals surface area contributed by atoms with Crippen molar-refractivity contribution in [1.29, 1.82) is 0 Å². The van der Waals surface area contributed by atoms with Gasteiger partial charge in [-0.05, 0) is 24.6 Å². The van der Waals surface area contributed by atoms with E-state index in [1.807, 2.05) is 24.3 Å². The molecule has 0 spiro atoms. The Morgan fingerprint density at radius 2 is 2.13 bits per heavy atom. The number of methoxy groups -OCH3 is 1. The summed E-state index contributed by atoms with van der Waals surface area (Å²) >= 11 is 0. The summed E-state index contributed by atoms with van der Waals surface area (Å²) in [4.78, 5) is 11.3. The van der Waals surface area contributed by atoms with Crippen molar-refractivity contribution in [2.75, 3.05) is 7.11 Å². The minimum Gasteiger partial charge on any atom is -0.497 e. The zero-order chi connectivity index (χ0) is 11.1. The number of carbonyl (C=O) groups excluding carboxylic acids is 1. The molecule has 0 heterocycles. The molecule has 1 rings (SSSR count). The number of carbonyl (C=O) groups is 1. The first-order valence-electron chi connectivity index (χ1n) is 4.65. The van der Waals surface area contributed by atoms with Gasteiger partial charge in [-0.25, -0.2) is 5.43 Å². The lowest BCUT2D eigenvalue weighted by molar-refractivity contribution is -0.120. The van der Waals surface area contributed by atoms with Crippen molar-refractivity contribution in [3.63, 3.8) is 0 Å². The Morgan fingerprint density at radius 1 is 1.47 bits per heavy atom. The Bertz CT molecular complexity index is 344. The summed E-state index contributed by atoms with van der Waals surface area (Å²) < 4.78 is 5.01. The molecule has 0 atom stereocenters. The maximum Gasteiger partial charge on any atom is 0.244 e. The third-order valence-electron chi connectivity index (χ3n) is 1.84. The molecule has 1 N–H and O–H groups in total. The van der Waals surface area contributed by atoms with E-state index in [1.165, 1.54) is 6.21 Å². The Hall–Kier alpha value is -1.84. The van der Waals surface area contributed by atoms with Crippen molar-refractivity contribution in [1.82, 2.24) is 5.43 Å². The van der Waals surface area contributed by atoms with Gasteiger partial charge in [-0.3, -0.25) is 4.79 Å². The lowest BCUT2D eigenvalue weighted by atomic mass is 10.1. The number of nitrogens with one attached hydrogen (secondary N) is 1. The van der Waals surface area contributed by atoms with Gasteiger partial charge in [-0.2, -0.15) is 5.10 Å². The molecule has 15 heavy (non-hydrogen) atoms. The highest BCUT2D eigenvalue weighted by atomic mass is 16.5. The van der Waals surface area contributed by atoms with Gasteiger partial charge in [0.05, 0.1) is 13.5 Å². The van der Waals surface area contributed by atoms with Crippen LogP contribution < -0.4 is 10.2 Å². The first kappa shape index (κ1) is 11.2. The predicted molar refractivity (Wildman–Crippen MR) is 59.0 cm³/mol. The number of ether oxygens (including phenoxy) is 1. The summed E-state index contributed by atoms with van der Waals surface area (Å²) in [5.41, 5.74) is 3.34. The Morgan fingerprint density at radius 3 is 2.67 bits per heavy atom. The number of benzene rings is 1. The van der Waals surface area contributed by atoms with Crippen LogP contribution in [0.3, 0.4) is 0 Å². The van der Waals surface area contributed by atoms with Gasteiger partial charge in [0.15, 0.2) is 0 Å². The number of rotatable bonds is 4. The molecule has 80 valence electrons. The van der Waals surface area contributed by atoms with Crippen LogP contribution >= 0.6 is 0 Å². The van der Waals surface area contributed by atoms with Crippen LogP contribution in [0.15, 0.2) is 29.4 Å². The second-order valence-electron chi connectivity index (χ2n) is 2.95. The average Bonchev–Trinajstić information content (AvgIpc) is 2.27. The predicted octanol–water partition coefficient (Wildman–Crippen LogP) is 1.36. The molecule has 0 saturated carbocycles. The summed E-state index contributed by atoms with van der Waals surface area (Å²) in [6.07, 6.45) is 1.85. The highest BCUT2D eigenvalue weighted by molar-refractivity contribution is 5.79. The molecule has 0 aromatic heterocycles. The standard InChI is InChI=1S/C11H14N2O2/c1-3-12-13-11(14)8-9-4-6-10(15-2)7-5-9/h3-7H,8H2,1-2H3,(H,13,14)/b12-3+. The summed E-state index contributed by atoms with van der Waals surface area (Å²) in [7, 11) is 1.61. The SMILES string of the molecule is C/C=N/NC(=O)Cc1ccc(OC)cc1. The molecular formula is C11H14N2O2. The largest absolute Gasteiger partial charge is 0.497 e. The monoisotopic (exact) mass is 206 g/mol. The van der Waals surface area contributed by atoms with Crippen LogP contribution in [-0.4, -0.2) is 19.2 Å². The lowest BCUT2D eigenvalue weighted by Gasteiger charge is -2.02. The Kier molecular flexibility index (Phi) is 4.34. The fraction of sp³-hybridized carbons (Fsp3) is 0.273. The average molecular weight is 206 g/mol. The second kappa shape index (κ2) is 5.80. The van der Waals surface area contributed by atoms with Crippen molar-refractivity contribution in [2.24, 2.45) is 5.10 Å². The molecule has 0 aliphatic heterocycles. The van der Waals surface area contributed by atoms with E-state index in [2.05, 4.69) is 10.5 Å². The quantitative estimate of drug-likeness (QED) is 0.597. The van der Waals surface area contributed by atoms with E-state index >= 15 is 0 Å². The van der Waals surface area contributed by atoms with Crippen LogP contribution in [0.5, 0.6) is 5.75 Å². The molecule has 0 fully saturated rings. The molecule has 1 aromatic rings. The second-order valence-corrected chi connectivity index (χ2v) is 2.95. The molecule has 0 aliphatic carbocycles. The highest BCUT2D eigenvalue weighted by Gasteiger charge is 2.01. The maximum absolute atomic E-state index is 11.3. The van der Waals surface area contributed by atoms with E-state index in [0.717, 1.165) is 11.3 Å². The van der Waals surface area contributed by atoms with Crippen molar-refractivity contribution in [3.05, 3.63) is 29.8 Å². The van der Waals surface area contributed by atoms with Crippen LogP contribution in [0.25, 0.3) is 0 Å². The smallest absolute Gasteiger partial charge is 0.244 e. The molecule has 4 nitrogen and oxygen atoms in total. The van der Waals surface area contributed by atoms with E-state index in [9.17, 15) is 4.79 Å². The van der Waals surface area contributed by atoms with E-state index in [4.69, 9.17) is 4.74 Å². The summed E-state index contributed by atoms with van der Waals surface area (Å²) in [5, 5.41) is 3.65. The minimum atomic E-state index is -0.127. The van der Waals surface area contributed by atoms with Gasteiger partial charge in [-0.1, -0.05) is 12.1 Å². The molecule has 4 heteroatoms. The molecule has 0 unspecified atom stereocenters. The zero-order valence-electron chi connectivity index (χ0n) is 8.86. The molecule has 0 bridgehead atoms. The lowest BCUT2D eigenvalue weighted by Crippen LogP contribution is -2.19. The van der Waals surface area contributed by atoms with Gasteiger partial charge in [0.1, 0.15) is 5.75 Å². The van der Waals surface area contributed by atoms with Gasteiger partial charge in [0, 0.05) is 6.21 Å². The van der Waals surface area contributed by atoms with Crippen molar-refractivity contribution < 1.29 is 9.53 Å². The fourth-order valence-electron chi connectivity index (χ4n) is 1.10. The van der Waals surface area contributed by atoms with Gasteiger partial charge < -0.3 is 4.74 Å². The van der Waals surface area contributed by atoms with Crippen LogP contribution in [0.2, 0.25) is 0 Å². The normalized spacial score (nSPS) is 10.3. The fourth-order valence-corrected chi connectivity index (χ4v) is 1.10. The molecule has 0 saturated heterocycles.